The van der Waals surface area contributed by atoms with Crippen LogP contribution in [0.1, 0.15) is 40.6 Å². The lowest BCUT2D eigenvalue weighted by molar-refractivity contribution is 0.0694. The maximum Gasteiger partial charge on any atom is 0.341 e. The summed E-state index contributed by atoms with van der Waals surface area (Å²) in [6.45, 7) is 0. The number of fused-ring (bicyclic) bond motifs is 1. The molecule has 0 fully saturated rings. The van der Waals surface area contributed by atoms with Crippen molar-refractivity contribution in [2.75, 3.05) is 0 Å². The molecule has 1 aliphatic carbocycles. The number of aromatic nitrogens is 1. The molecule has 0 saturated carbocycles. The van der Waals surface area contributed by atoms with E-state index in [4.69, 9.17) is 5.11 Å². The van der Waals surface area contributed by atoms with E-state index < -0.39 is 17.6 Å². The number of aromatic carboxylic acids is 1. The number of nitrogens with one attached hydrogen (secondary N) is 1. The predicted molar refractivity (Wildman–Crippen MR) is 51.9 cm³/mol. The van der Waals surface area contributed by atoms with Crippen molar-refractivity contribution in [2.24, 2.45) is 0 Å². The second-order valence-corrected chi connectivity index (χ2v) is 3.66. The minimum atomic E-state index is -1.27. The van der Waals surface area contributed by atoms with Crippen molar-refractivity contribution >= 4 is 5.97 Å². The van der Waals surface area contributed by atoms with E-state index in [0.717, 1.165) is 6.42 Å². The summed E-state index contributed by atoms with van der Waals surface area (Å²) in [4.78, 5) is 24.5. The lowest BCUT2D eigenvalue weighted by Gasteiger charge is -2.20. The molecule has 3 N–H and O–H groups in total. The molecule has 0 saturated heterocycles. The van der Waals surface area contributed by atoms with Crippen LogP contribution in [0.5, 0.6) is 0 Å². The van der Waals surface area contributed by atoms with Crippen LogP contribution in [0.3, 0.4) is 0 Å². The van der Waals surface area contributed by atoms with Crippen LogP contribution < -0.4 is 5.56 Å². The Hall–Kier alpha value is -1.62. The zero-order valence-electron chi connectivity index (χ0n) is 7.99. The molecule has 0 aliphatic heterocycles. The Kier molecular flexibility index (Phi) is 2.32. The number of hydrogen-bond donors (Lipinski definition) is 3. The summed E-state index contributed by atoms with van der Waals surface area (Å²) in [5, 5.41) is 18.4. The number of rotatable bonds is 1. The minimum Gasteiger partial charge on any atom is -0.477 e. The largest absolute Gasteiger partial charge is 0.477 e. The second-order valence-electron chi connectivity index (χ2n) is 3.66. The van der Waals surface area contributed by atoms with E-state index in [-0.39, 0.29) is 5.56 Å². The fraction of sp³-hybridized carbons (Fsp3) is 0.400. The highest BCUT2D eigenvalue weighted by atomic mass is 16.4. The first-order chi connectivity index (χ1) is 7.09. The van der Waals surface area contributed by atoms with Crippen LogP contribution in [0.2, 0.25) is 0 Å². The first-order valence-corrected chi connectivity index (χ1v) is 4.77. The normalized spacial score (nSPS) is 19.7. The summed E-state index contributed by atoms with van der Waals surface area (Å²) in [6, 6.07) is 1.28. The third kappa shape index (κ3) is 1.66. The summed E-state index contributed by atoms with van der Waals surface area (Å²) in [6.07, 6.45) is 1.43. The number of carbonyl (C=O) groups is 1. The molecule has 0 bridgehead atoms. The van der Waals surface area contributed by atoms with Crippen LogP contribution in [0, 0.1) is 0 Å². The molecule has 0 spiro atoms. The Morgan fingerprint density at radius 2 is 2.27 bits per heavy atom. The van der Waals surface area contributed by atoms with Gasteiger partial charge >= 0.3 is 5.97 Å². The predicted octanol–water partition coefficient (Wildman–Crippen LogP) is 0.443. The Morgan fingerprint density at radius 1 is 1.53 bits per heavy atom. The molecule has 0 amide bonds. The molecule has 1 aromatic rings. The van der Waals surface area contributed by atoms with Crippen LogP contribution >= 0.6 is 0 Å². The molecule has 2 rings (SSSR count). The Morgan fingerprint density at radius 3 is 2.93 bits per heavy atom. The average molecular weight is 209 g/mol. The zero-order chi connectivity index (χ0) is 11.0. The van der Waals surface area contributed by atoms with Gasteiger partial charge < -0.3 is 15.2 Å². The van der Waals surface area contributed by atoms with Crippen LogP contribution in [-0.4, -0.2) is 21.2 Å². The van der Waals surface area contributed by atoms with Crippen molar-refractivity contribution in [3.63, 3.8) is 0 Å². The van der Waals surface area contributed by atoms with Crippen molar-refractivity contribution in [1.82, 2.24) is 4.98 Å². The van der Waals surface area contributed by atoms with Crippen LogP contribution in [0.15, 0.2) is 10.9 Å². The van der Waals surface area contributed by atoms with E-state index >= 15 is 0 Å². The van der Waals surface area contributed by atoms with Gasteiger partial charge in [0.05, 0.1) is 6.10 Å². The molecular formula is C10H11NO4. The number of carboxylic acid groups (broad SMARTS) is 1. The van der Waals surface area contributed by atoms with Gasteiger partial charge in [0.1, 0.15) is 5.56 Å². The summed E-state index contributed by atoms with van der Waals surface area (Å²) < 4.78 is 0. The van der Waals surface area contributed by atoms with Crippen LogP contribution in [0.25, 0.3) is 0 Å². The Bertz CT molecular complexity index is 463. The molecule has 1 aliphatic rings. The van der Waals surface area contributed by atoms with Crippen molar-refractivity contribution < 1.29 is 15.0 Å². The third-order valence-electron chi connectivity index (χ3n) is 2.65. The van der Waals surface area contributed by atoms with Gasteiger partial charge in [-0.05, 0) is 25.3 Å². The summed E-state index contributed by atoms with van der Waals surface area (Å²) in [5.41, 5.74) is 0.284. The number of H-pyrrole nitrogens is 1. The van der Waals surface area contributed by atoms with Gasteiger partial charge in [-0.3, -0.25) is 4.79 Å². The van der Waals surface area contributed by atoms with Crippen LogP contribution in [-0.2, 0) is 6.42 Å². The summed E-state index contributed by atoms with van der Waals surface area (Å²) in [5.74, 6) is -1.27. The monoisotopic (exact) mass is 209 g/mol. The highest BCUT2D eigenvalue weighted by Crippen LogP contribution is 2.27. The SMILES string of the molecule is O=C(O)c1cc2c([nH]c1=O)CCCC2O. The molecule has 1 aromatic heterocycles. The van der Waals surface area contributed by atoms with E-state index in [1.54, 1.807) is 0 Å². The minimum absolute atomic E-state index is 0.310. The van der Waals surface area contributed by atoms with E-state index in [1.165, 1.54) is 6.07 Å². The van der Waals surface area contributed by atoms with Gasteiger partial charge in [-0.15, -0.1) is 0 Å². The first kappa shape index (κ1) is 9.92. The summed E-state index contributed by atoms with van der Waals surface area (Å²) >= 11 is 0. The van der Waals surface area contributed by atoms with Crippen molar-refractivity contribution in [2.45, 2.75) is 25.4 Å². The lowest BCUT2D eigenvalue weighted by atomic mass is 9.92. The number of aliphatic hydroxyl groups is 1. The van der Waals surface area contributed by atoms with Crippen molar-refractivity contribution in [3.8, 4) is 0 Å². The van der Waals surface area contributed by atoms with E-state index in [2.05, 4.69) is 4.98 Å². The van der Waals surface area contributed by atoms with Gasteiger partial charge in [0.15, 0.2) is 0 Å². The second kappa shape index (κ2) is 3.51. The highest BCUT2D eigenvalue weighted by molar-refractivity contribution is 5.87. The van der Waals surface area contributed by atoms with Crippen molar-refractivity contribution in [1.29, 1.82) is 0 Å². The number of hydrogen-bond acceptors (Lipinski definition) is 3. The summed E-state index contributed by atoms with van der Waals surface area (Å²) in [7, 11) is 0. The van der Waals surface area contributed by atoms with E-state index in [1.807, 2.05) is 0 Å². The molecule has 5 nitrogen and oxygen atoms in total. The maximum atomic E-state index is 11.3. The average Bonchev–Trinajstić information content (AvgIpc) is 2.16. The maximum absolute atomic E-state index is 11.3. The first-order valence-electron chi connectivity index (χ1n) is 4.77. The molecule has 5 heteroatoms. The fourth-order valence-electron chi connectivity index (χ4n) is 1.88. The third-order valence-corrected chi connectivity index (χ3v) is 2.65. The molecule has 15 heavy (non-hydrogen) atoms. The van der Waals surface area contributed by atoms with Gasteiger partial charge in [-0.1, -0.05) is 0 Å². The number of carboxylic acids is 1. The highest BCUT2D eigenvalue weighted by Gasteiger charge is 2.21. The molecule has 80 valence electrons. The zero-order valence-corrected chi connectivity index (χ0v) is 7.99. The van der Waals surface area contributed by atoms with Crippen molar-refractivity contribution in [3.05, 3.63) is 33.2 Å². The Labute approximate surface area is 85.4 Å². The molecule has 0 aromatic carbocycles. The number of aliphatic hydroxyl groups excluding tert-OH is 1. The van der Waals surface area contributed by atoms with Gasteiger partial charge in [0.2, 0.25) is 0 Å². The van der Waals surface area contributed by atoms with E-state index in [0.29, 0.717) is 24.1 Å². The molecular weight excluding hydrogens is 198 g/mol. The molecule has 1 atom stereocenters. The molecule has 0 radical (unpaired) electrons. The van der Waals surface area contributed by atoms with Gasteiger partial charge in [0.25, 0.3) is 5.56 Å². The topological polar surface area (TPSA) is 90.4 Å². The lowest BCUT2D eigenvalue weighted by Crippen LogP contribution is -2.23. The number of aromatic amines is 1. The smallest absolute Gasteiger partial charge is 0.341 e. The standard InChI is InChI=1S/C10H11NO4/c12-8-3-1-2-7-5(8)4-6(10(14)15)9(13)11-7/h4,8,12H,1-3H2,(H,11,13)(H,14,15). The fourth-order valence-corrected chi connectivity index (χ4v) is 1.88. The quantitative estimate of drug-likeness (QED) is 0.626. The number of pyridine rings is 1. The van der Waals surface area contributed by atoms with Gasteiger partial charge in [0, 0.05) is 11.3 Å². The Balaban J connectivity index is 2.60. The van der Waals surface area contributed by atoms with Gasteiger partial charge in [-0.2, -0.15) is 0 Å². The number of aryl methyl sites for hydroxylation is 1. The van der Waals surface area contributed by atoms with Gasteiger partial charge in [-0.25, -0.2) is 4.79 Å². The van der Waals surface area contributed by atoms with Crippen LogP contribution in [0.4, 0.5) is 0 Å². The van der Waals surface area contributed by atoms with E-state index in [9.17, 15) is 14.7 Å². The molecule has 1 unspecified atom stereocenters. The molecule has 1 heterocycles.